The summed E-state index contributed by atoms with van der Waals surface area (Å²) in [6, 6.07) is 16.3. The van der Waals surface area contributed by atoms with Crippen molar-refractivity contribution in [3.05, 3.63) is 110 Å². The van der Waals surface area contributed by atoms with Crippen LogP contribution in [0.2, 0.25) is 0 Å². The van der Waals surface area contributed by atoms with Gasteiger partial charge in [0.2, 0.25) is 5.91 Å². The van der Waals surface area contributed by atoms with Crippen molar-refractivity contribution < 1.29 is 14.3 Å². The number of amides is 1. The third-order valence-electron chi connectivity index (χ3n) is 6.19. The van der Waals surface area contributed by atoms with E-state index in [1.54, 1.807) is 12.1 Å². The van der Waals surface area contributed by atoms with E-state index in [1.165, 1.54) is 12.2 Å². The maximum atomic E-state index is 13.5. The lowest BCUT2D eigenvalue weighted by Crippen LogP contribution is -2.47. The van der Waals surface area contributed by atoms with Gasteiger partial charge < -0.3 is 15.0 Å². The van der Waals surface area contributed by atoms with Gasteiger partial charge >= 0.3 is 0 Å². The molecule has 1 amide bonds. The molecule has 5 rings (SSSR count). The number of nitrogens with one attached hydrogen (secondary N) is 2. The van der Waals surface area contributed by atoms with Crippen molar-refractivity contribution in [1.29, 1.82) is 0 Å². The Bertz CT molecular complexity index is 1550. The molecule has 2 unspecified atom stereocenters. The second-order valence-electron chi connectivity index (χ2n) is 8.51. The number of carbonyl (C=O) groups is 2. The number of fused-ring (bicyclic) bond motifs is 2. The van der Waals surface area contributed by atoms with Gasteiger partial charge in [-0.3, -0.25) is 14.4 Å². The third kappa shape index (κ3) is 4.62. The first-order chi connectivity index (χ1) is 17.4. The number of hydrogen-bond acceptors (Lipinski definition) is 4. The molecule has 1 aromatic heterocycles. The molecule has 0 fully saturated rings. The predicted octanol–water partition coefficient (Wildman–Crippen LogP) is 4.93. The molecule has 6 nitrogen and oxygen atoms in total. The first-order valence-electron chi connectivity index (χ1n) is 11.6. The van der Waals surface area contributed by atoms with Crippen LogP contribution in [0.25, 0.3) is 22.6 Å². The number of pyridine rings is 1. The van der Waals surface area contributed by atoms with Crippen LogP contribution < -0.4 is 15.6 Å². The summed E-state index contributed by atoms with van der Waals surface area (Å²) in [6.07, 6.45) is 8.48. The molecular weight excluding hydrogens is 520 g/mol. The molecule has 2 aliphatic rings. The SMILES string of the molecule is CCOc1ccc2cc(C=CC(=O)C3C(=O)NC4C=CC(Br)=CC4=C3c3ccccc3)c(=O)[nH]c2c1. The fraction of sp³-hybridized carbons (Fsp3) is 0.138. The number of benzene rings is 2. The molecule has 3 aromatic rings. The predicted molar refractivity (Wildman–Crippen MR) is 145 cm³/mol. The molecule has 2 aromatic carbocycles. The minimum atomic E-state index is -1.04. The van der Waals surface area contributed by atoms with Gasteiger partial charge in [-0.05, 0) is 71.5 Å². The number of aromatic nitrogens is 1. The molecule has 0 radical (unpaired) electrons. The number of rotatable bonds is 6. The summed E-state index contributed by atoms with van der Waals surface area (Å²) < 4.78 is 6.35. The van der Waals surface area contributed by atoms with Gasteiger partial charge in [0, 0.05) is 16.1 Å². The highest BCUT2D eigenvalue weighted by Crippen LogP contribution is 2.37. The zero-order chi connectivity index (χ0) is 25.2. The first kappa shape index (κ1) is 23.8. The molecule has 0 bridgehead atoms. The van der Waals surface area contributed by atoms with Crippen molar-refractivity contribution in [1.82, 2.24) is 10.3 Å². The molecule has 7 heteroatoms. The van der Waals surface area contributed by atoms with E-state index in [0.29, 0.717) is 29.0 Å². The monoisotopic (exact) mass is 542 g/mol. The summed E-state index contributed by atoms with van der Waals surface area (Å²) in [5.41, 5.74) is 2.96. The fourth-order valence-corrected chi connectivity index (χ4v) is 4.95. The Morgan fingerprint density at radius 3 is 2.69 bits per heavy atom. The zero-order valence-electron chi connectivity index (χ0n) is 19.5. The minimum absolute atomic E-state index is 0.313. The lowest BCUT2D eigenvalue weighted by molar-refractivity contribution is -0.129. The van der Waals surface area contributed by atoms with Crippen molar-refractivity contribution in [2.24, 2.45) is 5.92 Å². The van der Waals surface area contributed by atoms with Crippen molar-refractivity contribution in [3.8, 4) is 5.75 Å². The van der Waals surface area contributed by atoms with Gasteiger partial charge in [-0.15, -0.1) is 0 Å². The van der Waals surface area contributed by atoms with E-state index >= 15 is 0 Å². The molecule has 1 aliphatic heterocycles. The number of allylic oxidation sites excluding steroid dienone is 3. The van der Waals surface area contributed by atoms with Gasteiger partial charge in [-0.25, -0.2) is 0 Å². The normalized spacial score (nSPS) is 19.3. The van der Waals surface area contributed by atoms with Crippen molar-refractivity contribution in [3.63, 3.8) is 0 Å². The maximum Gasteiger partial charge on any atom is 0.255 e. The number of aromatic amines is 1. The minimum Gasteiger partial charge on any atom is -0.494 e. The van der Waals surface area contributed by atoms with Crippen LogP contribution >= 0.6 is 15.9 Å². The lowest BCUT2D eigenvalue weighted by atomic mass is 9.78. The maximum absolute atomic E-state index is 13.5. The average molecular weight is 543 g/mol. The van der Waals surface area contributed by atoms with Crippen LogP contribution in [-0.2, 0) is 9.59 Å². The van der Waals surface area contributed by atoms with E-state index in [1.807, 2.05) is 67.6 Å². The molecule has 1 aliphatic carbocycles. The van der Waals surface area contributed by atoms with Crippen molar-refractivity contribution in [2.75, 3.05) is 6.61 Å². The Morgan fingerprint density at radius 2 is 1.92 bits per heavy atom. The molecule has 0 saturated carbocycles. The van der Waals surface area contributed by atoms with E-state index in [2.05, 4.69) is 26.2 Å². The Morgan fingerprint density at radius 1 is 1.11 bits per heavy atom. The zero-order valence-corrected chi connectivity index (χ0v) is 21.0. The summed E-state index contributed by atoms with van der Waals surface area (Å²) in [5.74, 6) is -1.14. The van der Waals surface area contributed by atoms with Gasteiger partial charge in [0.05, 0.1) is 18.2 Å². The fourth-order valence-electron chi connectivity index (χ4n) is 4.55. The summed E-state index contributed by atoms with van der Waals surface area (Å²) in [5, 5.41) is 3.74. The molecule has 2 atom stereocenters. The van der Waals surface area contributed by atoms with E-state index in [9.17, 15) is 14.4 Å². The molecule has 2 heterocycles. The van der Waals surface area contributed by atoms with Crippen molar-refractivity contribution in [2.45, 2.75) is 13.0 Å². The molecule has 0 spiro atoms. The number of ketones is 1. The van der Waals surface area contributed by atoms with Crippen molar-refractivity contribution >= 4 is 50.2 Å². The Balaban J connectivity index is 1.52. The van der Waals surface area contributed by atoms with Crippen LogP contribution in [0.3, 0.4) is 0 Å². The Kier molecular flexibility index (Phi) is 6.57. The highest BCUT2D eigenvalue weighted by atomic mass is 79.9. The number of halogens is 1. The van der Waals surface area contributed by atoms with Gasteiger partial charge in [0.1, 0.15) is 11.7 Å². The highest BCUT2D eigenvalue weighted by Gasteiger charge is 2.38. The second-order valence-corrected chi connectivity index (χ2v) is 9.43. The largest absolute Gasteiger partial charge is 0.494 e. The van der Waals surface area contributed by atoms with Gasteiger partial charge in [0.25, 0.3) is 5.56 Å². The van der Waals surface area contributed by atoms with E-state index < -0.39 is 11.7 Å². The number of carbonyl (C=O) groups excluding carboxylic acids is 2. The molecule has 0 saturated heterocycles. The van der Waals surface area contributed by atoms with Crippen LogP contribution in [0.5, 0.6) is 5.75 Å². The highest BCUT2D eigenvalue weighted by molar-refractivity contribution is 9.11. The Labute approximate surface area is 216 Å². The quantitative estimate of drug-likeness (QED) is 0.341. The van der Waals surface area contributed by atoms with Crippen LogP contribution in [0.1, 0.15) is 18.1 Å². The van der Waals surface area contributed by atoms with Crippen LogP contribution in [0.4, 0.5) is 0 Å². The number of H-pyrrole nitrogens is 1. The number of ether oxygens (including phenoxy) is 1. The second kappa shape index (κ2) is 9.95. The molecular formula is C29H23BrN2O4. The third-order valence-corrected chi connectivity index (χ3v) is 6.68. The summed E-state index contributed by atoms with van der Waals surface area (Å²) in [6.45, 7) is 2.42. The number of hydrogen-bond donors (Lipinski definition) is 2. The van der Waals surface area contributed by atoms with E-state index in [0.717, 1.165) is 21.0 Å². The molecule has 2 N–H and O–H groups in total. The van der Waals surface area contributed by atoms with E-state index in [-0.39, 0.29) is 17.5 Å². The van der Waals surface area contributed by atoms with Crippen LogP contribution in [0.15, 0.2) is 93.8 Å². The van der Waals surface area contributed by atoms with Crippen LogP contribution in [-0.4, -0.2) is 29.3 Å². The summed E-state index contributed by atoms with van der Waals surface area (Å²) in [4.78, 5) is 42.1. The summed E-state index contributed by atoms with van der Waals surface area (Å²) >= 11 is 3.51. The first-order valence-corrected chi connectivity index (χ1v) is 12.4. The van der Waals surface area contributed by atoms with Gasteiger partial charge in [-0.1, -0.05) is 52.3 Å². The molecule has 36 heavy (non-hydrogen) atoms. The van der Waals surface area contributed by atoms with Gasteiger partial charge in [-0.2, -0.15) is 0 Å². The lowest BCUT2D eigenvalue weighted by Gasteiger charge is -2.32. The average Bonchev–Trinajstić information content (AvgIpc) is 2.87. The van der Waals surface area contributed by atoms with Crippen LogP contribution in [0, 0.1) is 5.92 Å². The summed E-state index contributed by atoms with van der Waals surface area (Å²) in [7, 11) is 0. The van der Waals surface area contributed by atoms with E-state index in [4.69, 9.17) is 4.74 Å². The van der Waals surface area contributed by atoms with Gasteiger partial charge in [0.15, 0.2) is 5.78 Å². The molecule has 180 valence electrons. The standard InChI is InChI=1S/C29H23BrN2O4/c1-2-36-21-11-8-18-14-19(28(34)32-24(18)16-21)9-13-25(33)27-26(17-6-4-3-5-7-17)22-15-20(30)10-12-23(22)31-29(27)35/h3-16,23,27H,2H2,1H3,(H,31,35)(H,32,34). The topological polar surface area (TPSA) is 88.3 Å². The smallest absolute Gasteiger partial charge is 0.255 e. The Hall–Kier alpha value is -3.97.